The highest BCUT2D eigenvalue weighted by atomic mass is 16.5. The molecule has 0 aromatic heterocycles. The molecule has 0 saturated heterocycles. The van der Waals surface area contributed by atoms with Crippen LogP contribution in [0.5, 0.6) is 5.75 Å². The van der Waals surface area contributed by atoms with Crippen molar-refractivity contribution >= 4 is 5.78 Å². The summed E-state index contributed by atoms with van der Waals surface area (Å²) in [6.07, 6.45) is 0. The van der Waals surface area contributed by atoms with Gasteiger partial charge in [0.1, 0.15) is 12.4 Å². The summed E-state index contributed by atoms with van der Waals surface area (Å²) < 4.78 is 5.92. The Labute approximate surface area is 120 Å². The third-order valence-electron chi connectivity index (χ3n) is 3.46. The first-order valence-electron chi connectivity index (χ1n) is 6.78. The van der Waals surface area contributed by atoms with E-state index in [1.54, 1.807) is 6.92 Å². The van der Waals surface area contributed by atoms with Gasteiger partial charge in [-0.05, 0) is 50.5 Å². The maximum absolute atomic E-state index is 11.7. The molecule has 0 spiro atoms. The van der Waals surface area contributed by atoms with Crippen LogP contribution in [0.1, 0.15) is 39.5 Å². The Hall–Kier alpha value is -2.09. The Kier molecular flexibility index (Phi) is 4.23. The molecule has 0 aliphatic heterocycles. The topological polar surface area (TPSA) is 26.3 Å². The Bertz CT molecular complexity index is 642. The van der Waals surface area contributed by atoms with Gasteiger partial charge in [-0.2, -0.15) is 0 Å². The van der Waals surface area contributed by atoms with Gasteiger partial charge in [-0.3, -0.25) is 4.79 Å². The fraction of sp³-hybridized carbons (Fsp3) is 0.278. The van der Waals surface area contributed by atoms with Crippen molar-refractivity contribution < 1.29 is 9.53 Å². The van der Waals surface area contributed by atoms with Crippen molar-refractivity contribution in [3.05, 3.63) is 64.2 Å². The standard InChI is InChI=1S/C18H20O2/c1-12-8-9-16(14(3)10-12)11-20-18-13(2)6-5-7-17(18)15(4)19/h5-10H,11H2,1-4H3. The lowest BCUT2D eigenvalue weighted by molar-refractivity contribution is 0.101. The number of ketones is 1. The van der Waals surface area contributed by atoms with Crippen LogP contribution < -0.4 is 4.74 Å². The van der Waals surface area contributed by atoms with Crippen molar-refractivity contribution in [1.82, 2.24) is 0 Å². The molecule has 0 unspecified atom stereocenters. The fourth-order valence-corrected chi connectivity index (χ4v) is 2.28. The highest BCUT2D eigenvalue weighted by Crippen LogP contribution is 2.25. The molecule has 2 aromatic carbocycles. The van der Waals surface area contributed by atoms with Crippen LogP contribution >= 0.6 is 0 Å². The van der Waals surface area contributed by atoms with Gasteiger partial charge < -0.3 is 4.74 Å². The van der Waals surface area contributed by atoms with E-state index in [0.717, 1.165) is 11.1 Å². The van der Waals surface area contributed by atoms with E-state index >= 15 is 0 Å². The number of aryl methyl sites for hydroxylation is 3. The molecule has 0 amide bonds. The highest BCUT2D eigenvalue weighted by molar-refractivity contribution is 5.97. The molecule has 2 nitrogen and oxygen atoms in total. The van der Waals surface area contributed by atoms with Gasteiger partial charge in [0.2, 0.25) is 0 Å². The zero-order chi connectivity index (χ0) is 14.7. The predicted molar refractivity (Wildman–Crippen MR) is 81.4 cm³/mol. The molecule has 0 aliphatic carbocycles. The third kappa shape index (κ3) is 3.08. The Morgan fingerprint density at radius 3 is 2.45 bits per heavy atom. The van der Waals surface area contributed by atoms with Gasteiger partial charge in [0.05, 0.1) is 5.56 Å². The van der Waals surface area contributed by atoms with E-state index < -0.39 is 0 Å². The largest absolute Gasteiger partial charge is 0.488 e. The van der Waals surface area contributed by atoms with Crippen LogP contribution in [0.15, 0.2) is 36.4 Å². The zero-order valence-electron chi connectivity index (χ0n) is 12.5. The van der Waals surface area contributed by atoms with E-state index in [-0.39, 0.29) is 5.78 Å². The molecule has 20 heavy (non-hydrogen) atoms. The molecular weight excluding hydrogens is 248 g/mol. The summed E-state index contributed by atoms with van der Waals surface area (Å²) in [4.78, 5) is 11.7. The van der Waals surface area contributed by atoms with E-state index in [4.69, 9.17) is 4.74 Å². The first-order valence-corrected chi connectivity index (χ1v) is 6.78. The minimum Gasteiger partial charge on any atom is -0.488 e. The fourth-order valence-electron chi connectivity index (χ4n) is 2.28. The number of para-hydroxylation sites is 1. The molecule has 2 heteroatoms. The summed E-state index contributed by atoms with van der Waals surface area (Å²) in [7, 11) is 0. The van der Waals surface area contributed by atoms with Crippen LogP contribution in [0.3, 0.4) is 0 Å². The lowest BCUT2D eigenvalue weighted by Gasteiger charge is -2.14. The number of hydrogen-bond donors (Lipinski definition) is 0. The smallest absolute Gasteiger partial charge is 0.163 e. The van der Waals surface area contributed by atoms with Crippen molar-refractivity contribution in [2.24, 2.45) is 0 Å². The summed E-state index contributed by atoms with van der Waals surface area (Å²) in [5.74, 6) is 0.726. The predicted octanol–water partition coefficient (Wildman–Crippen LogP) is 4.39. The lowest BCUT2D eigenvalue weighted by Crippen LogP contribution is -2.04. The minimum absolute atomic E-state index is 0.0318. The summed E-state index contributed by atoms with van der Waals surface area (Å²) in [6, 6.07) is 12.0. The number of hydrogen-bond acceptors (Lipinski definition) is 2. The molecule has 0 bridgehead atoms. The van der Waals surface area contributed by atoms with Gasteiger partial charge >= 0.3 is 0 Å². The second-order valence-electron chi connectivity index (χ2n) is 5.23. The molecule has 0 radical (unpaired) electrons. The number of carbonyl (C=O) groups is 1. The maximum atomic E-state index is 11.7. The van der Waals surface area contributed by atoms with Gasteiger partial charge in [-0.15, -0.1) is 0 Å². The number of ether oxygens (including phenoxy) is 1. The normalized spacial score (nSPS) is 10.4. The van der Waals surface area contributed by atoms with Gasteiger partial charge in [-0.1, -0.05) is 35.9 Å². The molecule has 2 rings (SSSR count). The van der Waals surface area contributed by atoms with Crippen molar-refractivity contribution in [3.8, 4) is 5.75 Å². The second kappa shape index (κ2) is 5.91. The van der Waals surface area contributed by atoms with Crippen molar-refractivity contribution in [1.29, 1.82) is 0 Å². The third-order valence-corrected chi connectivity index (χ3v) is 3.46. The minimum atomic E-state index is 0.0318. The highest BCUT2D eigenvalue weighted by Gasteiger charge is 2.11. The average molecular weight is 268 g/mol. The molecule has 104 valence electrons. The van der Waals surface area contributed by atoms with Gasteiger partial charge in [0.25, 0.3) is 0 Å². The van der Waals surface area contributed by atoms with Gasteiger partial charge in [0.15, 0.2) is 5.78 Å². The molecule has 0 aliphatic rings. The van der Waals surface area contributed by atoms with E-state index in [0.29, 0.717) is 17.9 Å². The quantitative estimate of drug-likeness (QED) is 0.768. The first kappa shape index (κ1) is 14.3. The number of Topliss-reactive ketones (excluding diaryl/α,β-unsaturated/α-hetero) is 1. The average Bonchev–Trinajstić information content (AvgIpc) is 2.38. The molecular formula is C18H20O2. The second-order valence-corrected chi connectivity index (χ2v) is 5.23. The molecule has 0 saturated carbocycles. The summed E-state index contributed by atoms with van der Waals surface area (Å²) >= 11 is 0. The van der Waals surface area contributed by atoms with Crippen LogP contribution in [-0.2, 0) is 6.61 Å². The van der Waals surface area contributed by atoms with E-state index in [1.165, 1.54) is 11.1 Å². The van der Waals surface area contributed by atoms with Gasteiger partial charge in [0, 0.05) is 0 Å². The summed E-state index contributed by atoms with van der Waals surface area (Å²) in [6.45, 7) is 8.17. The van der Waals surface area contributed by atoms with Crippen LogP contribution in [-0.4, -0.2) is 5.78 Å². The summed E-state index contributed by atoms with van der Waals surface area (Å²) in [5.41, 5.74) is 5.24. The van der Waals surface area contributed by atoms with E-state index in [9.17, 15) is 4.79 Å². The van der Waals surface area contributed by atoms with Crippen LogP contribution in [0.4, 0.5) is 0 Å². The Balaban J connectivity index is 2.25. The number of rotatable bonds is 4. The number of benzene rings is 2. The van der Waals surface area contributed by atoms with Crippen LogP contribution in [0.25, 0.3) is 0 Å². The maximum Gasteiger partial charge on any atom is 0.163 e. The molecule has 0 heterocycles. The number of carbonyl (C=O) groups excluding carboxylic acids is 1. The lowest BCUT2D eigenvalue weighted by atomic mass is 10.1. The van der Waals surface area contributed by atoms with E-state index in [1.807, 2.05) is 25.1 Å². The van der Waals surface area contributed by atoms with Crippen LogP contribution in [0, 0.1) is 20.8 Å². The van der Waals surface area contributed by atoms with Crippen molar-refractivity contribution in [2.45, 2.75) is 34.3 Å². The molecule has 2 aromatic rings. The molecule has 0 atom stereocenters. The Morgan fingerprint density at radius 2 is 1.80 bits per heavy atom. The molecule has 0 fully saturated rings. The SMILES string of the molecule is CC(=O)c1cccc(C)c1OCc1ccc(C)cc1C. The van der Waals surface area contributed by atoms with Crippen molar-refractivity contribution in [3.63, 3.8) is 0 Å². The van der Waals surface area contributed by atoms with Crippen molar-refractivity contribution in [2.75, 3.05) is 0 Å². The van der Waals surface area contributed by atoms with Gasteiger partial charge in [-0.25, -0.2) is 0 Å². The summed E-state index contributed by atoms with van der Waals surface area (Å²) in [5, 5.41) is 0. The monoisotopic (exact) mass is 268 g/mol. The van der Waals surface area contributed by atoms with Crippen LogP contribution in [0.2, 0.25) is 0 Å². The zero-order valence-corrected chi connectivity index (χ0v) is 12.5. The Morgan fingerprint density at radius 1 is 1.05 bits per heavy atom. The van der Waals surface area contributed by atoms with E-state index in [2.05, 4.69) is 32.0 Å². The molecule has 0 N–H and O–H groups in total. The first-order chi connectivity index (χ1) is 9.49.